The van der Waals surface area contributed by atoms with Crippen LogP contribution in [0.4, 0.5) is 5.69 Å². The molecule has 0 heterocycles. The van der Waals surface area contributed by atoms with Crippen molar-refractivity contribution in [2.24, 2.45) is 0 Å². The van der Waals surface area contributed by atoms with Crippen LogP contribution in [0.2, 0.25) is 5.02 Å². The Hall–Kier alpha value is -3.08. The first-order valence-electron chi connectivity index (χ1n) is 12.5. The highest BCUT2D eigenvalue weighted by molar-refractivity contribution is 9.10. The minimum Gasteiger partial charge on any atom is -0.495 e. The van der Waals surface area contributed by atoms with Gasteiger partial charge in [0.15, 0.2) is 0 Å². The Balaban J connectivity index is 2.06. The Morgan fingerprint density at radius 2 is 1.70 bits per heavy atom. The normalized spacial score (nSPS) is 12.4. The Bertz CT molecular complexity index is 1460. The molecule has 1 atom stereocenters. The highest BCUT2D eigenvalue weighted by Crippen LogP contribution is 2.32. The first kappa shape index (κ1) is 31.4. The summed E-state index contributed by atoms with van der Waals surface area (Å²) in [5.41, 5.74) is 0.415. The minimum absolute atomic E-state index is 0.00630. The molecule has 8 nitrogen and oxygen atoms in total. The number of hydrogen-bond acceptors (Lipinski definition) is 5. The zero-order valence-electron chi connectivity index (χ0n) is 23.0. The molecular weight excluding hydrogens is 618 g/mol. The van der Waals surface area contributed by atoms with Gasteiger partial charge in [-0.25, -0.2) is 8.42 Å². The standard InChI is InChI=1S/C29H33BrClN3O5S/c1-20(28(36)32-29(2,3)4)33(18-21-10-9-11-22(30)16-21)27(35)19-34(23-14-15-26(39-5)25(31)17-23)40(37,38)24-12-7-6-8-13-24/h6-17,20H,18-19H2,1-5H3,(H,32,36). The molecule has 40 heavy (non-hydrogen) atoms. The van der Waals surface area contributed by atoms with E-state index in [2.05, 4.69) is 21.2 Å². The molecule has 0 fully saturated rings. The lowest BCUT2D eigenvalue weighted by Crippen LogP contribution is -2.54. The molecule has 0 saturated carbocycles. The van der Waals surface area contributed by atoms with Crippen molar-refractivity contribution in [1.29, 1.82) is 0 Å². The maximum Gasteiger partial charge on any atom is 0.264 e. The number of amides is 2. The van der Waals surface area contributed by atoms with Crippen molar-refractivity contribution in [3.8, 4) is 5.75 Å². The number of ether oxygens (including phenoxy) is 1. The fourth-order valence-corrected chi connectivity index (χ4v) is 6.07. The lowest BCUT2D eigenvalue weighted by molar-refractivity contribution is -0.140. The SMILES string of the molecule is COc1ccc(N(CC(=O)N(Cc2cccc(Br)c2)C(C)C(=O)NC(C)(C)C)S(=O)(=O)c2ccccc2)cc1Cl. The number of benzene rings is 3. The van der Waals surface area contributed by atoms with Crippen molar-refractivity contribution in [1.82, 2.24) is 10.2 Å². The zero-order chi connectivity index (χ0) is 29.7. The molecule has 0 aliphatic rings. The molecule has 3 aromatic carbocycles. The van der Waals surface area contributed by atoms with Crippen LogP contribution < -0.4 is 14.4 Å². The third kappa shape index (κ3) is 7.99. The van der Waals surface area contributed by atoms with E-state index in [1.165, 1.54) is 42.3 Å². The van der Waals surface area contributed by atoms with E-state index >= 15 is 0 Å². The summed E-state index contributed by atoms with van der Waals surface area (Å²) in [6.07, 6.45) is 0. The number of carbonyl (C=O) groups excluding carboxylic acids is 2. The molecule has 0 aliphatic heterocycles. The molecule has 0 radical (unpaired) electrons. The summed E-state index contributed by atoms with van der Waals surface area (Å²) in [6.45, 7) is 6.68. The third-order valence-corrected chi connectivity index (χ3v) is 8.52. The Kier molecular flexibility index (Phi) is 10.3. The highest BCUT2D eigenvalue weighted by Gasteiger charge is 2.33. The number of hydrogen-bond donors (Lipinski definition) is 1. The summed E-state index contributed by atoms with van der Waals surface area (Å²) >= 11 is 9.79. The van der Waals surface area contributed by atoms with Gasteiger partial charge in [0.1, 0.15) is 18.3 Å². The molecule has 1 N–H and O–H groups in total. The second-order valence-electron chi connectivity index (χ2n) is 10.2. The number of anilines is 1. The summed E-state index contributed by atoms with van der Waals surface area (Å²) in [5, 5.41) is 3.09. The lowest BCUT2D eigenvalue weighted by atomic mass is 10.1. The molecule has 3 aromatic rings. The maximum absolute atomic E-state index is 14.0. The molecule has 0 saturated heterocycles. The van der Waals surface area contributed by atoms with E-state index in [0.29, 0.717) is 5.75 Å². The van der Waals surface area contributed by atoms with Crippen molar-refractivity contribution in [3.05, 3.63) is 87.9 Å². The monoisotopic (exact) mass is 649 g/mol. The third-order valence-electron chi connectivity index (χ3n) is 5.94. The molecule has 11 heteroatoms. The van der Waals surface area contributed by atoms with E-state index in [4.69, 9.17) is 16.3 Å². The van der Waals surface area contributed by atoms with Gasteiger partial charge in [-0.15, -0.1) is 0 Å². The summed E-state index contributed by atoms with van der Waals surface area (Å²) in [7, 11) is -2.74. The van der Waals surface area contributed by atoms with Crippen molar-refractivity contribution < 1.29 is 22.7 Å². The number of halogens is 2. The fourth-order valence-electron chi connectivity index (χ4n) is 3.95. The number of methoxy groups -OCH3 is 1. The van der Waals surface area contributed by atoms with Gasteiger partial charge in [-0.1, -0.05) is 57.9 Å². The van der Waals surface area contributed by atoms with E-state index in [9.17, 15) is 18.0 Å². The van der Waals surface area contributed by atoms with Crippen LogP contribution in [0.15, 0.2) is 82.2 Å². The Morgan fingerprint density at radius 1 is 1.02 bits per heavy atom. The highest BCUT2D eigenvalue weighted by atomic mass is 79.9. The smallest absolute Gasteiger partial charge is 0.264 e. The zero-order valence-corrected chi connectivity index (χ0v) is 26.2. The summed E-state index contributed by atoms with van der Waals surface area (Å²) in [6, 6.07) is 18.8. The Labute approximate surface area is 249 Å². The molecule has 0 bridgehead atoms. The van der Waals surface area contributed by atoms with Gasteiger partial charge < -0.3 is 15.0 Å². The van der Waals surface area contributed by atoms with Crippen LogP contribution in [0, 0.1) is 0 Å². The van der Waals surface area contributed by atoms with Gasteiger partial charge in [0, 0.05) is 16.6 Å². The van der Waals surface area contributed by atoms with Crippen LogP contribution >= 0.6 is 27.5 Å². The van der Waals surface area contributed by atoms with E-state index in [-0.39, 0.29) is 28.1 Å². The predicted octanol–water partition coefficient (Wildman–Crippen LogP) is 5.64. The topological polar surface area (TPSA) is 96.0 Å². The maximum atomic E-state index is 14.0. The van der Waals surface area contributed by atoms with Crippen LogP contribution in [-0.2, 0) is 26.2 Å². The molecular formula is C29H33BrClN3O5S. The molecule has 214 valence electrons. The number of sulfonamides is 1. The lowest BCUT2D eigenvalue weighted by Gasteiger charge is -2.33. The largest absolute Gasteiger partial charge is 0.495 e. The van der Waals surface area contributed by atoms with Crippen LogP contribution in [-0.4, -0.2) is 50.4 Å². The number of nitrogens with zero attached hydrogens (tertiary/aromatic N) is 2. The minimum atomic E-state index is -4.20. The van der Waals surface area contributed by atoms with E-state index in [0.717, 1.165) is 14.3 Å². The van der Waals surface area contributed by atoms with E-state index in [1.807, 2.05) is 45.0 Å². The molecule has 0 aromatic heterocycles. The summed E-state index contributed by atoms with van der Waals surface area (Å²) in [5.74, 6) is -0.568. The van der Waals surface area contributed by atoms with Gasteiger partial charge in [-0.2, -0.15) is 0 Å². The van der Waals surface area contributed by atoms with E-state index < -0.39 is 34.1 Å². The van der Waals surface area contributed by atoms with Crippen LogP contribution in [0.25, 0.3) is 0 Å². The predicted molar refractivity (Wildman–Crippen MR) is 161 cm³/mol. The fraction of sp³-hybridized carbons (Fsp3) is 0.310. The quantitative estimate of drug-likeness (QED) is 0.307. The second kappa shape index (κ2) is 13.1. The van der Waals surface area contributed by atoms with Gasteiger partial charge in [-0.3, -0.25) is 13.9 Å². The number of nitrogens with one attached hydrogen (secondary N) is 1. The number of rotatable bonds is 10. The first-order valence-corrected chi connectivity index (χ1v) is 15.1. The van der Waals surface area contributed by atoms with Crippen LogP contribution in [0.3, 0.4) is 0 Å². The molecule has 1 unspecified atom stereocenters. The van der Waals surface area contributed by atoms with Gasteiger partial charge in [0.25, 0.3) is 10.0 Å². The van der Waals surface area contributed by atoms with Gasteiger partial charge in [-0.05, 0) is 75.7 Å². The summed E-state index contributed by atoms with van der Waals surface area (Å²) < 4.78 is 34.7. The number of carbonyl (C=O) groups is 2. The van der Waals surface area contributed by atoms with E-state index in [1.54, 1.807) is 25.1 Å². The Morgan fingerprint density at radius 3 is 2.27 bits per heavy atom. The average molecular weight is 651 g/mol. The van der Waals surface area contributed by atoms with Crippen LogP contribution in [0.1, 0.15) is 33.3 Å². The van der Waals surface area contributed by atoms with Crippen LogP contribution in [0.5, 0.6) is 5.75 Å². The van der Waals surface area contributed by atoms with Crippen molar-refractivity contribution >= 4 is 55.1 Å². The van der Waals surface area contributed by atoms with Crippen molar-refractivity contribution in [3.63, 3.8) is 0 Å². The first-order chi connectivity index (χ1) is 18.7. The summed E-state index contributed by atoms with van der Waals surface area (Å²) in [4.78, 5) is 28.5. The van der Waals surface area contributed by atoms with Gasteiger partial charge in [0.2, 0.25) is 11.8 Å². The van der Waals surface area contributed by atoms with Crippen molar-refractivity contribution in [2.45, 2.75) is 50.7 Å². The molecule has 0 aliphatic carbocycles. The molecule has 3 rings (SSSR count). The second-order valence-corrected chi connectivity index (χ2v) is 13.4. The van der Waals surface area contributed by atoms with Crippen molar-refractivity contribution in [2.75, 3.05) is 18.0 Å². The molecule has 0 spiro atoms. The average Bonchev–Trinajstić information content (AvgIpc) is 2.89. The molecule has 2 amide bonds. The van der Waals surface area contributed by atoms with Gasteiger partial charge in [0.05, 0.1) is 22.7 Å². The van der Waals surface area contributed by atoms with Gasteiger partial charge >= 0.3 is 0 Å².